The Hall–Kier alpha value is -1.73. The summed E-state index contributed by atoms with van der Waals surface area (Å²) in [6.45, 7) is 0.407. The van der Waals surface area contributed by atoms with Gasteiger partial charge >= 0.3 is 5.69 Å². The fourth-order valence-electron chi connectivity index (χ4n) is 2.62. The molecule has 0 radical (unpaired) electrons. The molecule has 1 aromatic heterocycles. The van der Waals surface area contributed by atoms with Gasteiger partial charge in [0, 0.05) is 12.6 Å². The van der Waals surface area contributed by atoms with Gasteiger partial charge in [0.15, 0.2) is 5.52 Å². The third-order valence-electron chi connectivity index (χ3n) is 3.80. The highest BCUT2D eigenvalue weighted by Crippen LogP contribution is 2.39. The number of hydrogen-bond acceptors (Lipinski definition) is 6. The summed E-state index contributed by atoms with van der Waals surface area (Å²) in [5.74, 6) is 0. The fourth-order valence-corrected chi connectivity index (χ4v) is 3.30. The SMILES string of the molecule is O=[N+]([O-])c1c(N(CCO)C2CCC2)ccc2scnc12. The van der Waals surface area contributed by atoms with E-state index in [4.69, 9.17) is 0 Å². The van der Waals surface area contributed by atoms with E-state index in [1.807, 2.05) is 11.0 Å². The van der Waals surface area contributed by atoms with E-state index in [1.165, 1.54) is 11.3 Å². The lowest BCUT2D eigenvalue weighted by Gasteiger charge is -2.38. The summed E-state index contributed by atoms with van der Waals surface area (Å²) in [7, 11) is 0. The largest absolute Gasteiger partial charge is 0.395 e. The molecule has 1 aliphatic rings. The summed E-state index contributed by atoms with van der Waals surface area (Å²) in [4.78, 5) is 17.2. The monoisotopic (exact) mass is 293 g/mol. The van der Waals surface area contributed by atoms with Gasteiger partial charge in [-0.1, -0.05) is 0 Å². The Morgan fingerprint density at radius 2 is 2.30 bits per heavy atom. The molecule has 20 heavy (non-hydrogen) atoms. The van der Waals surface area contributed by atoms with Crippen molar-refractivity contribution in [2.45, 2.75) is 25.3 Å². The van der Waals surface area contributed by atoms with Gasteiger partial charge < -0.3 is 10.0 Å². The van der Waals surface area contributed by atoms with Gasteiger partial charge in [-0.25, -0.2) is 4.98 Å². The smallest absolute Gasteiger partial charge is 0.319 e. The molecule has 0 amide bonds. The molecule has 1 N–H and O–H groups in total. The Morgan fingerprint density at radius 1 is 1.50 bits per heavy atom. The molecule has 0 aliphatic heterocycles. The molecule has 0 spiro atoms. The Kier molecular flexibility index (Phi) is 3.54. The molecule has 0 unspecified atom stereocenters. The van der Waals surface area contributed by atoms with Crippen LogP contribution in [0.3, 0.4) is 0 Å². The second-order valence-corrected chi connectivity index (χ2v) is 5.78. The second kappa shape index (κ2) is 5.34. The van der Waals surface area contributed by atoms with Gasteiger partial charge in [0.2, 0.25) is 0 Å². The van der Waals surface area contributed by atoms with Crippen LogP contribution < -0.4 is 4.90 Å². The molecule has 1 heterocycles. The zero-order chi connectivity index (χ0) is 14.1. The quantitative estimate of drug-likeness (QED) is 0.677. The third-order valence-corrected chi connectivity index (χ3v) is 4.60. The Bertz CT molecular complexity index is 639. The van der Waals surface area contributed by atoms with Crippen LogP contribution in [-0.4, -0.2) is 34.2 Å². The first kappa shape index (κ1) is 13.3. The number of nitrogens with zero attached hydrogens (tertiary/aromatic N) is 3. The van der Waals surface area contributed by atoms with Crippen molar-refractivity contribution in [1.29, 1.82) is 0 Å². The highest BCUT2D eigenvalue weighted by molar-refractivity contribution is 7.16. The minimum absolute atomic E-state index is 0.0112. The molecule has 106 valence electrons. The van der Waals surface area contributed by atoms with E-state index in [-0.39, 0.29) is 23.3 Å². The molecule has 0 saturated heterocycles. The van der Waals surface area contributed by atoms with E-state index < -0.39 is 0 Å². The molecular formula is C13H15N3O3S. The minimum Gasteiger partial charge on any atom is -0.395 e. The van der Waals surface area contributed by atoms with Crippen LogP contribution in [0.2, 0.25) is 0 Å². The van der Waals surface area contributed by atoms with Gasteiger partial charge in [-0.05, 0) is 31.4 Å². The van der Waals surface area contributed by atoms with E-state index in [0.717, 1.165) is 24.0 Å². The zero-order valence-electron chi connectivity index (χ0n) is 10.9. The molecule has 1 fully saturated rings. The normalized spacial score (nSPS) is 15.2. The van der Waals surface area contributed by atoms with Gasteiger partial charge in [-0.3, -0.25) is 10.1 Å². The van der Waals surface area contributed by atoms with E-state index in [9.17, 15) is 15.2 Å². The molecule has 0 bridgehead atoms. The first-order chi connectivity index (χ1) is 9.72. The maximum Gasteiger partial charge on any atom is 0.319 e. The molecule has 1 aromatic carbocycles. The third kappa shape index (κ3) is 2.12. The average molecular weight is 293 g/mol. The molecule has 1 saturated carbocycles. The van der Waals surface area contributed by atoms with Gasteiger partial charge in [-0.2, -0.15) is 0 Å². The second-order valence-electron chi connectivity index (χ2n) is 4.89. The number of fused-ring (bicyclic) bond motifs is 1. The number of thiazole rings is 1. The number of anilines is 1. The highest BCUT2D eigenvalue weighted by Gasteiger charge is 2.31. The van der Waals surface area contributed by atoms with Crippen molar-refractivity contribution in [2.75, 3.05) is 18.1 Å². The summed E-state index contributed by atoms with van der Waals surface area (Å²) in [6, 6.07) is 3.95. The number of aliphatic hydroxyl groups excluding tert-OH is 1. The van der Waals surface area contributed by atoms with Crippen LogP contribution in [0.25, 0.3) is 10.2 Å². The molecule has 2 aromatic rings. The van der Waals surface area contributed by atoms with Crippen LogP contribution in [0.1, 0.15) is 19.3 Å². The molecular weight excluding hydrogens is 278 g/mol. The van der Waals surface area contributed by atoms with Crippen molar-refractivity contribution in [1.82, 2.24) is 4.98 Å². The minimum atomic E-state index is -0.361. The van der Waals surface area contributed by atoms with Crippen LogP contribution in [0.5, 0.6) is 0 Å². The van der Waals surface area contributed by atoms with Crippen LogP contribution in [0.15, 0.2) is 17.6 Å². The number of hydrogen-bond donors (Lipinski definition) is 1. The van der Waals surface area contributed by atoms with E-state index in [1.54, 1.807) is 11.6 Å². The number of nitro groups is 1. The van der Waals surface area contributed by atoms with Crippen LogP contribution in [-0.2, 0) is 0 Å². The Morgan fingerprint density at radius 3 is 2.90 bits per heavy atom. The van der Waals surface area contributed by atoms with Crippen molar-refractivity contribution in [3.8, 4) is 0 Å². The van der Waals surface area contributed by atoms with Crippen LogP contribution in [0.4, 0.5) is 11.4 Å². The maximum atomic E-state index is 11.5. The maximum absolute atomic E-state index is 11.5. The first-order valence-corrected chi connectivity index (χ1v) is 7.48. The number of aromatic nitrogens is 1. The topological polar surface area (TPSA) is 79.5 Å². The standard InChI is InChI=1S/C13H15N3O3S/c17-7-6-15(9-2-1-3-9)10-4-5-11-12(14-8-20-11)13(10)16(18)19/h4-5,8-9,17H,1-3,6-7H2. The summed E-state index contributed by atoms with van der Waals surface area (Å²) in [5, 5.41) is 20.7. The highest BCUT2D eigenvalue weighted by atomic mass is 32.1. The fraction of sp³-hybridized carbons (Fsp3) is 0.462. The lowest BCUT2D eigenvalue weighted by atomic mass is 9.91. The predicted molar refractivity (Wildman–Crippen MR) is 78.3 cm³/mol. The zero-order valence-corrected chi connectivity index (χ0v) is 11.7. The van der Waals surface area contributed by atoms with Crippen molar-refractivity contribution in [3.63, 3.8) is 0 Å². The summed E-state index contributed by atoms with van der Waals surface area (Å²) in [5.41, 5.74) is 2.71. The Balaban J connectivity index is 2.12. The summed E-state index contributed by atoms with van der Waals surface area (Å²) >= 11 is 1.40. The van der Waals surface area contributed by atoms with Gasteiger partial charge in [0.25, 0.3) is 0 Å². The average Bonchev–Trinajstić information content (AvgIpc) is 2.82. The molecule has 3 rings (SSSR count). The van der Waals surface area contributed by atoms with Gasteiger partial charge in [0.05, 0.1) is 21.7 Å². The lowest BCUT2D eigenvalue weighted by molar-refractivity contribution is -0.382. The molecule has 0 atom stereocenters. The number of aliphatic hydroxyl groups is 1. The van der Waals surface area contributed by atoms with E-state index in [2.05, 4.69) is 4.98 Å². The first-order valence-electron chi connectivity index (χ1n) is 6.60. The predicted octanol–water partition coefficient (Wildman–Crippen LogP) is 2.56. The lowest BCUT2D eigenvalue weighted by Crippen LogP contribution is -2.42. The molecule has 7 heteroatoms. The number of benzene rings is 1. The van der Waals surface area contributed by atoms with Crippen molar-refractivity contribution in [3.05, 3.63) is 27.8 Å². The van der Waals surface area contributed by atoms with E-state index in [0.29, 0.717) is 17.7 Å². The Labute approximate surface area is 119 Å². The van der Waals surface area contributed by atoms with Gasteiger partial charge in [0.1, 0.15) is 5.69 Å². The summed E-state index contributed by atoms with van der Waals surface area (Å²) in [6.07, 6.45) is 3.18. The van der Waals surface area contributed by atoms with Crippen LogP contribution in [0, 0.1) is 10.1 Å². The number of rotatable bonds is 5. The molecule has 1 aliphatic carbocycles. The van der Waals surface area contributed by atoms with Gasteiger partial charge in [-0.15, -0.1) is 11.3 Å². The molecule has 6 nitrogen and oxygen atoms in total. The number of nitro benzene ring substituents is 1. The van der Waals surface area contributed by atoms with Crippen molar-refractivity contribution >= 4 is 32.9 Å². The summed E-state index contributed by atoms with van der Waals surface area (Å²) < 4.78 is 0.818. The van der Waals surface area contributed by atoms with E-state index >= 15 is 0 Å². The van der Waals surface area contributed by atoms with Crippen molar-refractivity contribution < 1.29 is 10.0 Å². The van der Waals surface area contributed by atoms with Crippen LogP contribution >= 0.6 is 11.3 Å². The van der Waals surface area contributed by atoms with Crippen molar-refractivity contribution in [2.24, 2.45) is 0 Å².